The summed E-state index contributed by atoms with van der Waals surface area (Å²) in [4.78, 5) is 16.4. The molecular formula is C18H22N2OS. The number of benzene rings is 1. The Bertz CT molecular complexity index is 623. The van der Waals surface area contributed by atoms with E-state index < -0.39 is 0 Å². The molecule has 0 aliphatic carbocycles. The molecule has 1 aliphatic rings. The molecule has 1 aromatic carbocycles. The van der Waals surface area contributed by atoms with Crippen LogP contribution in [0, 0.1) is 0 Å². The number of nitrogens with zero attached hydrogens (tertiary/aromatic N) is 1. The number of amides is 1. The Morgan fingerprint density at radius 2 is 2.09 bits per heavy atom. The van der Waals surface area contributed by atoms with E-state index >= 15 is 0 Å². The van der Waals surface area contributed by atoms with Gasteiger partial charge in [-0.15, -0.1) is 11.3 Å². The van der Waals surface area contributed by atoms with Gasteiger partial charge in [0, 0.05) is 35.8 Å². The van der Waals surface area contributed by atoms with Crippen LogP contribution in [0.1, 0.15) is 24.6 Å². The molecule has 1 aromatic heterocycles. The van der Waals surface area contributed by atoms with Gasteiger partial charge in [-0.25, -0.2) is 0 Å². The van der Waals surface area contributed by atoms with Crippen molar-refractivity contribution >= 4 is 17.2 Å². The van der Waals surface area contributed by atoms with Gasteiger partial charge in [-0.1, -0.05) is 30.3 Å². The lowest BCUT2D eigenvalue weighted by atomic mass is 10.1. The molecule has 1 amide bonds. The Kier molecular flexibility index (Phi) is 4.90. The van der Waals surface area contributed by atoms with Gasteiger partial charge in [0.05, 0.1) is 0 Å². The summed E-state index contributed by atoms with van der Waals surface area (Å²) >= 11 is 1.87. The summed E-state index contributed by atoms with van der Waals surface area (Å²) < 4.78 is 0. The molecule has 1 aliphatic heterocycles. The second-order valence-electron chi connectivity index (χ2n) is 5.91. The second kappa shape index (κ2) is 7.07. The standard InChI is InChI=1S/C18H22N2OS/c1-14(21)19-16-8-5-11-20(12-16)13-17-9-10-18(22-17)15-6-3-2-4-7-15/h2-4,6-7,9-10,16H,5,8,11-13H2,1H3,(H,19,21)/t16-/m0/s1. The third-order valence-corrected chi connectivity index (χ3v) is 5.13. The molecule has 116 valence electrons. The van der Waals surface area contributed by atoms with Crippen molar-refractivity contribution in [2.75, 3.05) is 13.1 Å². The van der Waals surface area contributed by atoms with Gasteiger partial charge in [0.15, 0.2) is 0 Å². The lowest BCUT2D eigenvalue weighted by Crippen LogP contribution is -2.46. The highest BCUT2D eigenvalue weighted by molar-refractivity contribution is 7.15. The first-order valence-electron chi connectivity index (χ1n) is 7.84. The van der Waals surface area contributed by atoms with Crippen LogP contribution in [-0.2, 0) is 11.3 Å². The van der Waals surface area contributed by atoms with Crippen molar-refractivity contribution in [2.24, 2.45) is 0 Å². The average Bonchev–Trinajstić information content (AvgIpc) is 2.96. The first kappa shape index (κ1) is 15.3. The summed E-state index contributed by atoms with van der Waals surface area (Å²) in [6.45, 7) is 4.66. The van der Waals surface area contributed by atoms with Crippen molar-refractivity contribution in [3.63, 3.8) is 0 Å². The summed E-state index contributed by atoms with van der Waals surface area (Å²) in [6.07, 6.45) is 2.25. The lowest BCUT2D eigenvalue weighted by molar-refractivity contribution is -0.120. The fraction of sp³-hybridized carbons (Fsp3) is 0.389. The number of rotatable bonds is 4. The second-order valence-corrected chi connectivity index (χ2v) is 7.08. The van der Waals surface area contributed by atoms with E-state index in [1.54, 1.807) is 6.92 Å². The lowest BCUT2D eigenvalue weighted by Gasteiger charge is -2.32. The van der Waals surface area contributed by atoms with Crippen LogP contribution in [0.5, 0.6) is 0 Å². The number of carbonyl (C=O) groups is 1. The van der Waals surface area contributed by atoms with Crippen molar-refractivity contribution in [3.8, 4) is 10.4 Å². The summed E-state index contributed by atoms with van der Waals surface area (Å²) in [5.41, 5.74) is 1.29. The molecule has 3 nitrogen and oxygen atoms in total. The van der Waals surface area contributed by atoms with E-state index in [1.165, 1.54) is 15.3 Å². The minimum atomic E-state index is 0.0781. The topological polar surface area (TPSA) is 32.3 Å². The predicted octanol–water partition coefficient (Wildman–Crippen LogP) is 3.52. The Morgan fingerprint density at radius 1 is 1.27 bits per heavy atom. The molecule has 0 bridgehead atoms. The SMILES string of the molecule is CC(=O)N[C@H]1CCCN(Cc2ccc(-c3ccccc3)s2)C1. The highest BCUT2D eigenvalue weighted by Gasteiger charge is 2.20. The summed E-state index contributed by atoms with van der Waals surface area (Å²) in [5, 5.41) is 3.05. The van der Waals surface area contributed by atoms with Crippen molar-refractivity contribution in [3.05, 3.63) is 47.3 Å². The van der Waals surface area contributed by atoms with Crippen molar-refractivity contribution < 1.29 is 4.79 Å². The maximum atomic E-state index is 11.2. The van der Waals surface area contributed by atoms with E-state index in [1.807, 2.05) is 17.4 Å². The molecule has 0 unspecified atom stereocenters. The molecule has 0 saturated carbocycles. The van der Waals surface area contributed by atoms with E-state index in [0.29, 0.717) is 6.04 Å². The maximum absolute atomic E-state index is 11.2. The molecule has 0 spiro atoms. The van der Waals surface area contributed by atoms with Crippen LogP contribution in [0.25, 0.3) is 10.4 Å². The quantitative estimate of drug-likeness (QED) is 0.936. The Labute approximate surface area is 136 Å². The van der Waals surface area contributed by atoms with Crippen molar-refractivity contribution in [1.82, 2.24) is 10.2 Å². The molecule has 1 atom stereocenters. The Hall–Kier alpha value is -1.65. The third-order valence-electron chi connectivity index (χ3n) is 4.01. The fourth-order valence-electron chi connectivity index (χ4n) is 3.05. The van der Waals surface area contributed by atoms with E-state index in [0.717, 1.165) is 32.5 Å². The highest BCUT2D eigenvalue weighted by Crippen LogP contribution is 2.29. The zero-order chi connectivity index (χ0) is 15.4. The zero-order valence-electron chi connectivity index (χ0n) is 12.9. The number of carbonyl (C=O) groups excluding carboxylic acids is 1. The van der Waals surface area contributed by atoms with Crippen LogP contribution < -0.4 is 5.32 Å². The minimum absolute atomic E-state index is 0.0781. The third kappa shape index (κ3) is 3.96. The number of nitrogens with one attached hydrogen (secondary N) is 1. The van der Waals surface area contributed by atoms with Gasteiger partial charge in [-0.05, 0) is 37.1 Å². The Balaban J connectivity index is 1.61. The molecule has 2 aromatic rings. The van der Waals surface area contributed by atoms with E-state index in [9.17, 15) is 4.79 Å². The van der Waals surface area contributed by atoms with E-state index in [2.05, 4.69) is 46.6 Å². The van der Waals surface area contributed by atoms with Gasteiger partial charge in [0.25, 0.3) is 0 Å². The number of hydrogen-bond donors (Lipinski definition) is 1. The van der Waals surface area contributed by atoms with Crippen LogP contribution in [0.2, 0.25) is 0 Å². The molecule has 1 saturated heterocycles. The monoisotopic (exact) mass is 314 g/mol. The molecule has 0 radical (unpaired) electrons. The molecular weight excluding hydrogens is 292 g/mol. The van der Waals surface area contributed by atoms with Gasteiger partial charge in [0.2, 0.25) is 5.91 Å². The molecule has 1 N–H and O–H groups in total. The Morgan fingerprint density at radius 3 is 2.86 bits per heavy atom. The molecule has 4 heteroatoms. The number of hydrogen-bond acceptors (Lipinski definition) is 3. The molecule has 22 heavy (non-hydrogen) atoms. The normalized spacial score (nSPS) is 19.0. The average molecular weight is 314 g/mol. The van der Waals surface area contributed by atoms with Crippen LogP contribution >= 0.6 is 11.3 Å². The first-order valence-corrected chi connectivity index (χ1v) is 8.66. The number of piperidine rings is 1. The minimum Gasteiger partial charge on any atom is -0.352 e. The van der Waals surface area contributed by atoms with E-state index in [-0.39, 0.29) is 5.91 Å². The highest BCUT2D eigenvalue weighted by atomic mass is 32.1. The van der Waals surface area contributed by atoms with Crippen LogP contribution in [-0.4, -0.2) is 29.9 Å². The largest absolute Gasteiger partial charge is 0.352 e. The first-order chi connectivity index (χ1) is 10.7. The number of likely N-dealkylation sites (tertiary alicyclic amines) is 1. The number of thiophene rings is 1. The summed E-state index contributed by atoms with van der Waals surface area (Å²) in [6, 6.07) is 15.3. The summed E-state index contributed by atoms with van der Waals surface area (Å²) in [7, 11) is 0. The van der Waals surface area contributed by atoms with Crippen LogP contribution in [0.3, 0.4) is 0 Å². The fourth-order valence-corrected chi connectivity index (χ4v) is 4.10. The van der Waals surface area contributed by atoms with Gasteiger partial charge < -0.3 is 5.32 Å². The van der Waals surface area contributed by atoms with E-state index in [4.69, 9.17) is 0 Å². The predicted molar refractivity (Wildman–Crippen MR) is 91.9 cm³/mol. The summed E-state index contributed by atoms with van der Waals surface area (Å²) in [5.74, 6) is 0.0781. The molecule has 2 heterocycles. The van der Waals surface area contributed by atoms with Crippen LogP contribution in [0.15, 0.2) is 42.5 Å². The molecule has 1 fully saturated rings. The van der Waals surface area contributed by atoms with Gasteiger partial charge in [0.1, 0.15) is 0 Å². The zero-order valence-corrected chi connectivity index (χ0v) is 13.7. The van der Waals surface area contributed by atoms with Gasteiger partial charge >= 0.3 is 0 Å². The molecule has 3 rings (SSSR count). The van der Waals surface area contributed by atoms with Gasteiger partial charge in [-0.3, -0.25) is 9.69 Å². The smallest absolute Gasteiger partial charge is 0.217 e. The maximum Gasteiger partial charge on any atom is 0.217 e. The van der Waals surface area contributed by atoms with Crippen molar-refractivity contribution in [1.29, 1.82) is 0 Å². The van der Waals surface area contributed by atoms with Gasteiger partial charge in [-0.2, -0.15) is 0 Å². The van der Waals surface area contributed by atoms with Crippen LogP contribution in [0.4, 0.5) is 0 Å². The van der Waals surface area contributed by atoms with Crippen molar-refractivity contribution in [2.45, 2.75) is 32.4 Å².